The Morgan fingerprint density at radius 1 is 1.05 bits per heavy atom. The predicted molar refractivity (Wildman–Crippen MR) is 139 cm³/mol. The maximum Gasteiger partial charge on any atom is 0.309 e. The van der Waals surface area contributed by atoms with Gasteiger partial charge < -0.3 is 19.5 Å². The maximum absolute atomic E-state index is 14.1. The molecule has 1 N–H and O–H groups in total. The number of nitrogens with zero attached hydrogens (tertiary/aromatic N) is 1. The summed E-state index contributed by atoms with van der Waals surface area (Å²) >= 11 is 0. The molecule has 0 aromatic heterocycles. The van der Waals surface area contributed by atoms with Crippen LogP contribution in [0.1, 0.15) is 103 Å². The molecular formula is C29H47F2NO5. The standard InChI is InChI=1S/C29H47F2NO5/c1-2-3-18-29(30,31)27(34)16-14-23-15-17-28(35)32(23)21-22(25-12-6-8-19-36-25)10-4-5-11-24(33)26-13-7-9-20-37-26/h14,16,22-26,33H,2-13,15,17-21H2,1H3. The van der Waals surface area contributed by atoms with Gasteiger partial charge in [0, 0.05) is 38.5 Å². The molecular weight excluding hydrogens is 480 g/mol. The fourth-order valence-corrected chi connectivity index (χ4v) is 5.84. The van der Waals surface area contributed by atoms with Crippen LogP contribution < -0.4 is 0 Å². The molecule has 3 aliphatic rings. The van der Waals surface area contributed by atoms with Crippen molar-refractivity contribution >= 4 is 11.7 Å². The normalized spacial score (nSPS) is 27.1. The zero-order valence-corrected chi connectivity index (χ0v) is 22.6. The monoisotopic (exact) mass is 527 g/mol. The van der Waals surface area contributed by atoms with E-state index in [1.165, 1.54) is 6.08 Å². The van der Waals surface area contributed by atoms with Crippen molar-refractivity contribution in [3.8, 4) is 0 Å². The van der Waals surface area contributed by atoms with Crippen LogP contribution in [-0.2, 0) is 19.1 Å². The number of aliphatic hydroxyl groups is 1. The third-order valence-electron chi connectivity index (χ3n) is 8.19. The van der Waals surface area contributed by atoms with Crippen LogP contribution in [0.15, 0.2) is 12.2 Å². The number of carbonyl (C=O) groups is 2. The molecule has 37 heavy (non-hydrogen) atoms. The highest BCUT2D eigenvalue weighted by Gasteiger charge is 2.37. The highest BCUT2D eigenvalue weighted by Crippen LogP contribution is 2.30. The van der Waals surface area contributed by atoms with E-state index in [0.717, 1.165) is 77.1 Å². The summed E-state index contributed by atoms with van der Waals surface area (Å²) in [5.41, 5.74) is 0. The number of hydrogen-bond donors (Lipinski definition) is 1. The fraction of sp³-hybridized carbons (Fsp3) is 0.862. The van der Waals surface area contributed by atoms with Gasteiger partial charge in [-0.15, -0.1) is 0 Å². The molecule has 8 heteroatoms. The molecule has 0 bridgehead atoms. The zero-order valence-electron chi connectivity index (χ0n) is 22.6. The number of ether oxygens (including phenoxy) is 2. The number of ketones is 1. The largest absolute Gasteiger partial charge is 0.390 e. The minimum absolute atomic E-state index is 0.00511. The number of rotatable bonds is 15. The molecule has 3 aliphatic heterocycles. The third-order valence-corrected chi connectivity index (χ3v) is 8.19. The number of carbonyl (C=O) groups excluding carboxylic acids is 2. The number of unbranched alkanes of at least 4 members (excludes halogenated alkanes) is 2. The summed E-state index contributed by atoms with van der Waals surface area (Å²) in [5, 5.41) is 10.5. The van der Waals surface area contributed by atoms with Gasteiger partial charge in [0.1, 0.15) is 0 Å². The van der Waals surface area contributed by atoms with Crippen LogP contribution in [0.25, 0.3) is 0 Å². The van der Waals surface area contributed by atoms with Crippen LogP contribution in [0.3, 0.4) is 0 Å². The van der Waals surface area contributed by atoms with Crippen LogP contribution in [0.5, 0.6) is 0 Å². The average molecular weight is 528 g/mol. The Balaban J connectivity index is 1.56. The molecule has 5 atom stereocenters. The lowest BCUT2D eigenvalue weighted by atomic mass is 9.89. The van der Waals surface area contributed by atoms with Crippen molar-refractivity contribution in [1.82, 2.24) is 4.90 Å². The van der Waals surface area contributed by atoms with Gasteiger partial charge in [0.25, 0.3) is 0 Å². The fourth-order valence-electron chi connectivity index (χ4n) is 5.84. The summed E-state index contributed by atoms with van der Waals surface area (Å²) in [4.78, 5) is 26.7. The maximum atomic E-state index is 14.1. The molecule has 3 heterocycles. The summed E-state index contributed by atoms with van der Waals surface area (Å²) in [5.74, 6) is -4.38. The Hall–Kier alpha value is -1.38. The lowest BCUT2D eigenvalue weighted by Gasteiger charge is -2.35. The van der Waals surface area contributed by atoms with Gasteiger partial charge >= 0.3 is 5.92 Å². The minimum Gasteiger partial charge on any atom is -0.390 e. The van der Waals surface area contributed by atoms with Gasteiger partial charge in [-0.05, 0) is 70.3 Å². The summed E-state index contributed by atoms with van der Waals surface area (Å²) in [7, 11) is 0. The number of likely N-dealkylation sites (tertiary alicyclic amines) is 1. The molecule has 3 saturated heterocycles. The number of alkyl halides is 2. The van der Waals surface area contributed by atoms with Gasteiger partial charge in [0.15, 0.2) is 0 Å². The quantitative estimate of drug-likeness (QED) is 0.222. The Morgan fingerprint density at radius 3 is 2.38 bits per heavy atom. The summed E-state index contributed by atoms with van der Waals surface area (Å²) < 4.78 is 40.1. The third kappa shape index (κ3) is 9.39. The van der Waals surface area contributed by atoms with Crippen LogP contribution >= 0.6 is 0 Å². The van der Waals surface area contributed by atoms with Crippen molar-refractivity contribution in [3.63, 3.8) is 0 Å². The highest BCUT2D eigenvalue weighted by atomic mass is 19.3. The Morgan fingerprint density at radius 2 is 1.73 bits per heavy atom. The van der Waals surface area contributed by atoms with Crippen LogP contribution in [0.4, 0.5) is 8.78 Å². The van der Waals surface area contributed by atoms with E-state index in [2.05, 4.69) is 0 Å². The van der Waals surface area contributed by atoms with Gasteiger partial charge in [-0.1, -0.05) is 32.3 Å². The molecule has 0 radical (unpaired) electrons. The molecule has 0 spiro atoms. The van der Waals surface area contributed by atoms with Crippen molar-refractivity contribution in [2.45, 2.75) is 134 Å². The van der Waals surface area contributed by atoms with Gasteiger partial charge in [-0.3, -0.25) is 9.59 Å². The Kier molecular flexibility index (Phi) is 12.5. The van der Waals surface area contributed by atoms with E-state index in [1.807, 2.05) is 6.92 Å². The van der Waals surface area contributed by atoms with E-state index in [1.54, 1.807) is 4.90 Å². The van der Waals surface area contributed by atoms with Gasteiger partial charge in [-0.2, -0.15) is 8.78 Å². The number of amides is 1. The average Bonchev–Trinajstić information content (AvgIpc) is 3.27. The second-order valence-electron chi connectivity index (χ2n) is 11.1. The molecule has 3 fully saturated rings. The molecule has 0 saturated carbocycles. The van der Waals surface area contributed by atoms with E-state index < -0.39 is 24.2 Å². The summed E-state index contributed by atoms with van der Waals surface area (Å²) in [6.45, 7) is 3.77. The first-order valence-corrected chi connectivity index (χ1v) is 14.6. The minimum atomic E-state index is -3.36. The van der Waals surface area contributed by atoms with Gasteiger partial charge in [-0.25, -0.2) is 0 Å². The topological polar surface area (TPSA) is 76.1 Å². The summed E-state index contributed by atoms with van der Waals surface area (Å²) in [6.07, 6.45) is 13.0. The molecule has 1 amide bonds. The van der Waals surface area contributed by atoms with E-state index >= 15 is 0 Å². The van der Waals surface area contributed by atoms with Gasteiger partial charge in [0.2, 0.25) is 11.7 Å². The van der Waals surface area contributed by atoms with Crippen molar-refractivity contribution < 1.29 is 33.0 Å². The molecule has 0 aromatic rings. The molecule has 5 unspecified atom stereocenters. The molecule has 6 nitrogen and oxygen atoms in total. The van der Waals surface area contributed by atoms with E-state index in [9.17, 15) is 23.5 Å². The first kappa shape index (κ1) is 30.2. The Labute approximate surface area is 221 Å². The van der Waals surface area contributed by atoms with Crippen molar-refractivity contribution in [2.75, 3.05) is 19.8 Å². The van der Waals surface area contributed by atoms with E-state index in [0.29, 0.717) is 38.6 Å². The van der Waals surface area contributed by atoms with Crippen LogP contribution in [0, 0.1) is 5.92 Å². The highest BCUT2D eigenvalue weighted by molar-refractivity contribution is 5.95. The molecule has 0 aliphatic carbocycles. The van der Waals surface area contributed by atoms with Crippen molar-refractivity contribution in [3.05, 3.63) is 12.2 Å². The van der Waals surface area contributed by atoms with Crippen LogP contribution in [-0.4, -0.2) is 71.7 Å². The number of allylic oxidation sites excluding steroid dienone is 1. The van der Waals surface area contributed by atoms with Crippen LogP contribution in [0.2, 0.25) is 0 Å². The van der Waals surface area contributed by atoms with Crippen molar-refractivity contribution in [2.24, 2.45) is 5.92 Å². The molecule has 0 aromatic carbocycles. The van der Waals surface area contributed by atoms with E-state index in [-0.39, 0.29) is 30.1 Å². The predicted octanol–water partition coefficient (Wildman–Crippen LogP) is 5.60. The number of aliphatic hydroxyl groups excluding tert-OH is 1. The lowest BCUT2D eigenvalue weighted by molar-refractivity contribution is -0.138. The first-order chi connectivity index (χ1) is 17.8. The Bertz CT molecular complexity index is 734. The number of hydrogen-bond acceptors (Lipinski definition) is 5. The lowest BCUT2D eigenvalue weighted by Crippen LogP contribution is -2.41. The molecule has 3 rings (SSSR count). The molecule has 212 valence electrons. The number of halogens is 2. The van der Waals surface area contributed by atoms with Crippen molar-refractivity contribution in [1.29, 1.82) is 0 Å². The SMILES string of the molecule is CCCCC(F)(F)C(=O)C=CC1CCC(=O)N1CC(CCCCC(O)C1CCCCO1)C1CCCCO1. The zero-order chi connectivity index (χ0) is 26.7. The first-order valence-electron chi connectivity index (χ1n) is 14.6. The van der Waals surface area contributed by atoms with Gasteiger partial charge in [0.05, 0.1) is 24.4 Å². The second-order valence-corrected chi connectivity index (χ2v) is 11.1. The summed E-state index contributed by atoms with van der Waals surface area (Å²) in [6, 6.07) is -0.338. The van der Waals surface area contributed by atoms with E-state index in [4.69, 9.17) is 9.47 Å². The smallest absolute Gasteiger partial charge is 0.309 e. The second kappa shape index (κ2) is 15.3.